The third kappa shape index (κ3) is 2.37. The summed E-state index contributed by atoms with van der Waals surface area (Å²) in [5.74, 6) is -0.0460. The van der Waals surface area contributed by atoms with E-state index in [1.54, 1.807) is 0 Å². The summed E-state index contributed by atoms with van der Waals surface area (Å²) in [5.41, 5.74) is 1.02. The van der Waals surface area contributed by atoms with Crippen LogP contribution in [-0.4, -0.2) is 12.6 Å². The lowest BCUT2D eigenvalue weighted by molar-refractivity contribution is -0.144. The summed E-state index contributed by atoms with van der Waals surface area (Å²) in [6.07, 6.45) is 2.87. The highest BCUT2D eigenvalue weighted by Crippen LogP contribution is 2.36. The Balaban J connectivity index is 2.07. The molecule has 1 rings (SSSR count). The number of hydrogen-bond donors (Lipinski definition) is 0. The van der Waals surface area contributed by atoms with E-state index in [2.05, 4.69) is 13.5 Å². The molecule has 0 aliphatic heterocycles. The van der Waals surface area contributed by atoms with E-state index in [-0.39, 0.29) is 11.9 Å². The van der Waals surface area contributed by atoms with Gasteiger partial charge in [-0.25, -0.2) is 0 Å². The van der Waals surface area contributed by atoms with Gasteiger partial charge in [0.05, 0.1) is 12.5 Å². The molecule has 0 spiro atoms. The summed E-state index contributed by atoms with van der Waals surface area (Å²) in [4.78, 5) is 11.0. The molecule has 1 atom stereocenters. The Hall–Kier alpha value is -0.790. The molecule has 1 saturated carbocycles. The third-order valence-electron chi connectivity index (χ3n) is 1.83. The van der Waals surface area contributed by atoms with Gasteiger partial charge in [-0.3, -0.25) is 4.79 Å². The fraction of sp³-hybridized carbons (Fsp3) is 0.667. The summed E-state index contributed by atoms with van der Waals surface area (Å²) >= 11 is 0. The van der Waals surface area contributed by atoms with Crippen molar-refractivity contribution in [2.24, 2.45) is 5.92 Å². The fourth-order valence-corrected chi connectivity index (χ4v) is 0.871. The molecule has 0 aromatic carbocycles. The van der Waals surface area contributed by atoms with Gasteiger partial charge in [0.25, 0.3) is 0 Å². The summed E-state index contributed by atoms with van der Waals surface area (Å²) in [5, 5.41) is 0. The van der Waals surface area contributed by atoms with Crippen LogP contribution in [0, 0.1) is 5.92 Å². The predicted molar refractivity (Wildman–Crippen MR) is 43.1 cm³/mol. The maximum atomic E-state index is 11.0. The van der Waals surface area contributed by atoms with Crippen molar-refractivity contribution in [3.63, 3.8) is 0 Å². The second-order valence-corrected chi connectivity index (χ2v) is 2.94. The average molecular weight is 154 g/mol. The minimum absolute atomic E-state index is 0.0341. The first-order chi connectivity index (χ1) is 5.25. The summed E-state index contributed by atoms with van der Waals surface area (Å²) in [6.45, 7) is 6.34. The Morgan fingerprint density at radius 3 is 2.91 bits per heavy atom. The minimum atomic E-state index is -0.0801. The second kappa shape index (κ2) is 3.56. The maximum absolute atomic E-state index is 11.0. The van der Waals surface area contributed by atoms with Crippen molar-refractivity contribution < 1.29 is 9.53 Å². The highest BCUT2D eigenvalue weighted by Gasteiger charge is 2.35. The smallest absolute Gasteiger partial charge is 0.313 e. The van der Waals surface area contributed by atoms with E-state index < -0.39 is 0 Å². The van der Waals surface area contributed by atoms with Crippen LogP contribution in [0.2, 0.25) is 0 Å². The topological polar surface area (TPSA) is 26.3 Å². The molecule has 0 saturated heterocycles. The van der Waals surface area contributed by atoms with Gasteiger partial charge in [0.15, 0.2) is 0 Å². The van der Waals surface area contributed by atoms with Crippen molar-refractivity contribution in [1.82, 2.24) is 0 Å². The summed E-state index contributed by atoms with van der Waals surface area (Å²) in [6, 6.07) is 0. The van der Waals surface area contributed by atoms with Crippen LogP contribution in [0.4, 0.5) is 0 Å². The first-order valence-electron chi connectivity index (χ1n) is 4.10. The van der Waals surface area contributed by atoms with E-state index in [1.165, 1.54) is 0 Å². The SMILES string of the molecule is C=C1CC1C(=O)OCCCC. The van der Waals surface area contributed by atoms with Crippen LogP contribution in [0.15, 0.2) is 12.2 Å². The lowest BCUT2D eigenvalue weighted by atomic mass is 10.3. The average Bonchev–Trinajstić information content (AvgIpc) is 2.67. The normalized spacial score (nSPS) is 21.5. The van der Waals surface area contributed by atoms with Crippen LogP contribution in [0.1, 0.15) is 26.2 Å². The second-order valence-electron chi connectivity index (χ2n) is 2.94. The quantitative estimate of drug-likeness (QED) is 0.351. The third-order valence-corrected chi connectivity index (χ3v) is 1.83. The Kier molecular flexibility index (Phi) is 2.69. The van der Waals surface area contributed by atoms with E-state index >= 15 is 0 Å². The van der Waals surface area contributed by atoms with Gasteiger partial charge in [0, 0.05) is 0 Å². The molecule has 11 heavy (non-hydrogen) atoms. The number of esters is 1. The Labute approximate surface area is 67.2 Å². The van der Waals surface area contributed by atoms with Gasteiger partial charge in [-0.2, -0.15) is 0 Å². The molecular weight excluding hydrogens is 140 g/mol. The number of ether oxygens (including phenoxy) is 1. The van der Waals surface area contributed by atoms with Crippen LogP contribution in [0.3, 0.4) is 0 Å². The highest BCUT2D eigenvalue weighted by molar-refractivity contribution is 5.80. The van der Waals surface area contributed by atoms with Crippen molar-refractivity contribution in [1.29, 1.82) is 0 Å². The molecule has 0 aromatic rings. The fourth-order valence-electron chi connectivity index (χ4n) is 0.871. The van der Waals surface area contributed by atoms with Crippen molar-refractivity contribution in [3.8, 4) is 0 Å². The van der Waals surface area contributed by atoms with Crippen molar-refractivity contribution in [3.05, 3.63) is 12.2 Å². The molecule has 1 fully saturated rings. The van der Waals surface area contributed by atoms with Gasteiger partial charge >= 0.3 is 5.97 Å². The molecule has 1 aliphatic rings. The van der Waals surface area contributed by atoms with E-state index in [0.717, 1.165) is 24.8 Å². The summed E-state index contributed by atoms with van der Waals surface area (Å²) in [7, 11) is 0. The van der Waals surface area contributed by atoms with Crippen LogP contribution in [-0.2, 0) is 9.53 Å². The first kappa shape index (κ1) is 8.31. The van der Waals surface area contributed by atoms with E-state index in [1.807, 2.05) is 0 Å². The Morgan fingerprint density at radius 2 is 2.45 bits per heavy atom. The molecule has 1 aliphatic carbocycles. The van der Waals surface area contributed by atoms with Crippen molar-refractivity contribution in [2.45, 2.75) is 26.2 Å². The molecular formula is C9H14O2. The minimum Gasteiger partial charge on any atom is -0.465 e. The zero-order valence-electron chi connectivity index (χ0n) is 6.93. The zero-order chi connectivity index (χ0) is 8.27. The number of carbonyl (C=O) groups excluding carboxylic acids is 1. The monoisotopic (exact) mass is 154 g/mol. The molecule has 0 radical (unpaired) electrons. The predicted octanol–water partition coefficient (Wildman–Crippen LogP) is 1.91. The zero-order valence-corrected chi connectivity index (χ0v) is 6.93. The van der Waals surface area contributed by atoms with E-state index in [4.69, 9.17) is 4.74 Å². The molecule has 2 heteroatoms. The Bertz CT molecular complexity index is 172. The number of carbonyl (C=O) groups is 1. The van der Waals surface area contributed by atoms with Gasteiger partial charge in [-0.15, -0.1) is 0 Å². The molecule has 0 N–H and O–H groups in total. The molecule has 0 bridgehead atoms. The van der Waals surface area contributed by atoms with Gasteiger partial charge in [-0.05, 0) is 12.8 Å². The van der Waals surface area contributed by atoms with Gasteiger partial charge in [0.1, 0.15) is 0 Å². The van der Waals surface area contributed by atoms with E-state index in [9.17, 15) is 4.79 Å². The van der Waals surface area contributed by atoms with Crippen molar-refractivity contribution >= 4 is 5.97 Å². The van der Waals surface area contributed by atoms with Crippen molar-refractivity contribution in [2.75, 3.05) is 6.61 Å². The lowest BCUT2D eigenvalue weighted by Crippen LogP contribution is -2.07. The first-order valence-corrected chi connectivity index (χ1v) is 4.10. The highest BCUT2D eigenvalue weighted by atomic mass is 16.5. The van der Waals surface area contributed by atoms with Crippen LogP contribution < -0.4 is 0 Å². The summed E-state index contributed by atoms with van der Waals surface area (Å²) < 4.78 is 4.98. The Morgan fingerprint density at radius 1 is 1.82 bits per heavy atom. The molecule has 62 valence electrons. The maximum Gasteiger partial charge on any atom is 0.313 e. The van der Waals surface area contributed by atoms with E-state index in [0.29, 0.717) is 6.61 Å². The van der Waals surface area contributed by atoms with Crippen LogP contribution >= 0.6 is 0 Å². The molecule has 0 aromatic heterocycles. The van der Waals surface area contributed by atoms with Gasteiger partial charge in [0.2, 0.25) is 0 Å². The molecule has 1 unspecified atom stereocenters. The van der Waals surface area contributed by atoms with Gasteiger partial charge in [-0.1, -0.05) is 25.5 Å². The number of hydrogen-bond acceptors (Lipinski definition) is 2. The largest absolute Gasteiger partial charge is 0.465 e. The van der Waals surface area contributed by atoms with Crippen LogP contribution in [0.25, 0.3) is 0 Å². The molecule has 2 nitrogen and oxygen atoms in total. The molecule has 0 heterocycles. The standard InChI is InChI=1S/C9H14O2/c1-3-4-5-11-9(10)8-6-7(8)2/h8H,2-6H2,1H3. The van der Waals surface area contributed by atoms with Crippen LogP contribution in [0.5, 0.6) is 0 Å². The lowest BCUT2D eigenvalue weighted by Gasteiger charge is -2.00. The number of unbranched alkanes of at least 4 members (excludes halogenated alkanes) is 1. The van der Waals surface area contributed by atoms with Gasteiger partial charge < -0.3 is 4.74 Å². The molecule has 0 amide bonds. The number of rotatable bonds is 4.